The molecule has 1 aromatic heterocycles. The SMILES string of the molecule is COC(=O)C1(NC(=O)/C=C/c2ccc(Oc3cccnc3)c(F)c2)CCCCC1. The van der Waals surface area contributed by atoms with E-state index in [1.165, 1.54) is 37.6 Å². The van der Waals surface area contributed by atoms with Gasteiger partial charge in [0.15, 0.2) is 11.6 Å². The van der Waals surface area contributed by atoms with Gasteiger partial charge in [0.1, 0.15) is 11.3 Å². The summed E-state index contributed by atoms with van der Waals surface area (Å²) >= 11 is 0. The van der Waals surface area contributed by atoms with Crippen LogP contribution in [0.5, 0.6) is 11.5 Å². The Morgan fingerprint density at radius 3 is 2.66 bits per heavy atom. The Labute approximate surface area is 168 Å². The first-order valence-corrected chi connectivity index (χ1v) is 9.48. The molecule has 0 unspecified atom stereocenters. The molecule has 29 heavy (non-hydrogen) atoms. The lowest BCUT2D eigenvalue weighted by Crippen LogP contribution is -2.55. The highest BCUT2D eigenvalue weighted by Gasteiger charge is 2.41. The van der Waals surface area contributed by atoms with Gasteiger partial charge in [-0.2, -0.15) is 0 Å². The number of amides is 1. The Balaban J connectivity index is 1.66. The van der Waals surface area contributed by atoms with Crippen LogP contribution in [0.15, 0.2) is 48.8 Å². The number of hydrogen-bond acceptors (Lipinski definition) is 5. The Morgan fingerprint density at radius 2 is 2.00 bits per heavy atom. The van der Waals surface area contributed by atoms with Crippen LogP contribution in [0.1, 0.15) is 37.7 Å². The van der Waals surface area contributed by atoms with Crippen molar-refractivity contribution in [1.29, 1.82) is 0 Å². The summed E-state index contributed by atoms with van der Waals surface area (Å²) in [5, 5.41) is 2.79. The van der Waals surface area contributed by atoms with Crippen molar-refractivity contribution in [2.75, 3.05) is 7.11 Å². The minimum absolute atomic E-state index is 0.0615. The van der Waals surface area contributed by atoms with Crippen LogP contribution in [-0.2, 0) is 14.3 Å². The fourth-order valence-corrected chi connectivity index (χ4v) is 3.42. The number of ether oxygens (including phenoxy) is 2. The summed E-state index contributed by atoms with van der Waals surface area (Å²) < 4.78 is 24.6. The van der Waals surface area contributed by atoms with Crippen LogP contribution in [0, 0.1) is 5.82 Å². The number of hydrogen-bond donors (Lipinski definition) is 1. The van der Waals surface area contributed by atoms with Gasteiger partial charge in [-0.05, 0) is 48.7 Å². The number of esters is 1. The quantitative estimate of drug-likeness (QED) is 0.587. The van der Waals surface area contributed by atoms with Gasteiger partial charge in [0.25, 0.3) is 0 Å². The minimum atomic E-state index is -0.985. The minimum Gasteiger partial charge on any atom is -0.467 e. The van der Waals surface area contributed by atoms with Crippen LogP contribution in [0.25, 0.3) is 6.08 Å². The summed E-state index contributed by atoms with van der Waals surface area (Å²) in [4.78, 5) is 28.5. The second kappa shape index (κ2) is 9.32. The average molecular weight is 398 g/mol. The number of benzene rings is 1. The predicted octanol–water partition coefficient (Wildman–Crippen LogP) is 4.02. The van der Waals surface area contributed by atoms with E-state index in [4.69, 9.17) is 9.47 Å². The molecule has 152 valence electrons. The zero-order valence-electron chi connectivity index (χ0n) is 16.2. The maximum atomic E-state index is 14.3. The highest BCUT2D eigenvalue weighted by molar-refractivity contribution is 5.96. The topological polar surface area (TPSA) is 77.5 Å². The molecule has 0 bridgehead atoms. The van der Waals surface area contributed by atoms with Crippen molar-refractivity contribution in [3.05, 3.63) is 60.2 Å². The van der Waals surface area contributed by atoms with E-state index in [0.717, 1.165) is 19.3 Å². The van der Waals surface area contributed by atoms with E-state index in [1.807, 2.05) is 0 Å². The molecule has 1 fully saturated rings. The van der Waals surface area contributed by atoms with E-state index in [1.54, 1.807) is 24.4 Å². The molecule has 1 N–H and O–H groups in total. The Kier molecular flexibility index (Phi) is 6.59. The number of aromatic nitrogens is 1. The number of carbonyl (C=O) groups excluding carboxylic acids is 2. The largest absolute Gasteiger partial charge is 0.467 e. The van der Waals surface area contributed by atoms with Gasteiger partial charge in [0, 0.05) is 12.3 Å². The van der Waals surface area contributed by atoms with Gasteiger partial charge in [-0.3, -0.25) is 9.78 Å². The van der Waals surface area contributed by atoms with Gasteiger partial charge in [0.05, 0.1) is 13.3 Å². The van der Waals surface area contributed by atoms with E-state index < -0.39 is 23.2 Å². The highest BCUT2D eigenvalue weighted by atomic mass is 19.1. The number of carbonyl (C=O) groups is 2. The van der Waals surface area contributed by atoms with Crippen molar-refractivity contribution >= 4 is 18.0 Å². The molecular formula is C22H23FN2O4. The zero-order valence-corrected chi connectivity index (χ0v) is 16.2. The van der Waals surface area contributed by atoms with Crippen LogP contribution in [0.2, 0.25) is 0 Å². The lowest BCUT2D eigenvalue weighted by molar-refractivity contribution is -0.152. The smallest absolute Gasteiger partial charge is 0.331 e. The summed E-state index contributed by atoms with van der Waals surface area (Å²) in [5.74, 6) is -0.925. The van der Waals surface area contributed by atoms with Crippen molar-refractivity contribution in [3.8, 4) is 11.5 Å². The van der Waals surface area contributed by atoms with Crippen molar-refractivity contribution in [1.82, 2.24) is 10.3 Å². The number of pyridine rings is 1. The molecular weight excluding hydrogens is 375 g/mol. The summed E-state index contributed by atoms with van der Waals surface area (Å²) in [6, 6.07) is 7.75. The summed E-state index contributed by atoms with van der Waals surface area (Å²) in [6.45, 7) is 0. The first kappa shape index (κ1) is 20.5. The lowest BCUT2D eigenvalue weighted by atomic mass is 9.81. The van der Waals surface area contributed by atoms with Crippen molar-refractivity contribution < 1.29 is 23.5 Å². The number of nitrogens with one attached hydrogen (secondary N) is 1. The third-order valence-corrected chi connectivity index (χ3v) is 4.89. The van der Waals surface area contributed by atoms with E-state index in [-0.39, 0.29) is 5.75 Å². The average Bonchev–Trinajstić information content (AvgIpc) is 2.75. The van der Waals surface area contributed by atoms with Crippen molar-refractivity contribution in [3.63, 3.8) is 0 Å². The molecule has 7 heteroatoms. The Bertz CT molecular complexity index is 893. The summed E-state index contributed by atoms with van der Waals surface area (Å²) in [5.41, 5.74) is -0.492. The zero-order chi connectivity index (χ0) is 20.7. The monoisotopic (exact) mass is 398 g/mol. The molecule has 3 rings (SSSR count). The van der Waals surface area contributed by atoms with Crippen LogP contribution < -0.4 is 10.1 Å². The molecule has 1 aromatic carbocycles. The second-order valence-corrected chi connectivity index (χ2v) is 6.94. The molecule has 0 atom stereocenters. The molecule has 2 aromatic rings. The normalized spacial score (nSPS) is 15.7. The van der Waals surface area contributed by atoms with Gasteiger partial charge in [-0.15, -0.1) is 0 Å². The van der Waals surface area contributed by atoms with E-state index >= 15 is 0 Å². The maximum Gasteiger partial charge on any atom is 0.331 e. The molecule has 0 spiro atoms. The van der Waals surface area contributed by atoms with Gasteiger partial charge < -0.3 is 14.8 Å². The summed E-state index contributed by atoms with van der Waals surface area (Å²) in [7, 11) is 1.32. The molecule has 1 heterocycles. The number of nitrogens with zero attached hydrogens (tertiary/aromatic N) is 1. The first-order valence-electron chi connectivity index (χ1n) is 9.48. The Morgan fingerprint density at radius 1 is 1.21 bits per heavy atom. The molecule has 1 aliphatic rings. The van der Waals surface area contributed by atoms with E-state index in [2.05, 4.69) is 10.3 Å². The van der Waals surface area contributed by atoms with Gasteiger partial charge in [-0.25, -0.2) is 9.18 Å². The van der Waals surface area contributed by atoms with Crippen LogP contribution in [0.3, 0.4) is 0 Å². The fraction of sp³-hybridized carbons (Fsp3) is 0.318. The third kappa shape index (κ3) is 5.19. The molecule has 1 aliphatic carbocycles. The Hall–Kier alpha value is -3.22. The van der Waals surface area contributed by atoms with Gasteiger partial charge in [-0.1, -0.05) is 25.3 Å². The molecule has 1 saturated carbocycles. The molecule has 0 radical (unpaired) electrons. The van der Waals surface area contributed by atoms with Crippen LogP contribution in [-0.4, -0.2) is 29.5 Å². The lowest BCUT2D eigenvalue weighted by Gasteiger charge is -2.34. The van der Waals surface area contributed by atoms with Gasteiger partial charge in [0.2, 0.25) is 5.91 Å². The standard InChI is InChI=1S/C22H23FN2O4/c1-28-21(27)22(11-3-2-4-12-22)25-20(26)10-8-16-7-9-19(18(23)14-16)29-17-6-5-13-24-15-17/h5-10,13-15H,2-4,11-12H2,1H3,(H,25,26)/b10-8+. The van der Waals surface area contributed by atoms with Crippen molar-refractivity contribution in [2.45, 2.75) is 37.6 Å². The van der Waals surface area contributed by atoms with Crippen LogP contribution >= 0.6 is 0 Å². The fourth-order valence-electron chi connectivity index (χ4n) is 3.42. The summed E-state index contributed by atoms with van der Waals surface area (Å²) in [6.07, 6.45) is 9.68. The first-order chi connectivity index (χ1) is 14.0. The maximum absolute atomic E-state index is 14.3. The van der Waals surface area contributed by atoms with Crippen LogP contribution in [0.4, 0.5) is 4.39 Å². The van der Waals surface area contributed by atoms with Gasteiger partial charge >= 0.3 is 5.97 Å². The number of methoxy groups -OCH3 is 1. The van der Waals surface area contributed by atoms with Crippen molar-refractivity contribution in [2.24, 2.45) is 0 Å². The molecule has 0 saturated heterocycles. The predicted molar refractivity (Wildman–Crippen MR) is 106 cm³/mol. The van der Waals surface area contributed by atoms with E-state index in [0.29, 0.717) is 24.2 Å². The molecule has 6 nitrogen and oxygen atoms in total. The number of rotatable bonds is 6. The van der Waals surface area contributed by atoms with E-state index in [9.17, 15) is 14.0 Å². The third-order valence-electron chi connectivity index (χ3n) is 4.89. The highest BCUT2D eigenvalue weighted by Crippen LogP contribution is 2.29. The molecule has 0 aliphatic heterocycles. The second-order valence-electron chi connectivity index (χ2n) is 6.94. The number of halogens is 1. The molecule has 1 amide bonds.